The molecular formula is C17H17ClFN3O4. The predicted octanol–water partition coefficient (Wildman–Crippen LogP) is 0.943. The molecular weight excluding hydrogens is 365 g/mol. The number of hydrogen-bond donors (Lipinski definition) is 1. The molecule has 26 heavy (non-hydrogen) atoms. The number of hydrogen-bond acceptors (Lipinski definition) is 5. The minimum atomic E-state index is -1.08. The number of nitrogens with one attached hydrogen (secondary N) is 1. The Kier molecular flexibility index (Phi) is 4.95. The second-order valence-corrected chi connectivity index (χ2v) is 6.86. The Morgan fingerprint density at radius 3 is 2.50 bits per heavy atom. The predicted molar refractivity (Wildman–Crippen MR) is 91.9 cm³/mol. The minimum absolute atomic E-state index is 0.00400. The molecule has 0 saturated carbocycles. The van der Waals surface area contributed by atoms with E-state index in [9.17, 15) is 23.6 Å². The molecule has 1 N–H and O–H groups in total. The van der Waals surface area contributed by atoms with Crippen molar-refractivity contribution in [3.63, 3.8) is 0 Å². The smallest absolute Gasteiger partial charge is 0.262 e. The average Bonchev–Trinajstić information content (AvgIpc) is 2.83. The molecule has 2 aliphatic heterocycles. The summed E-state index contributed by atoms with van der Waals surface area (Å²) >= 11 is 5.91. The van der Waals surface area contributed by atoms with Gasteiger partial charge in [0.1, 0.15) is 12.1 Å². The number of imide groups is 1. The number of carbonyl (C=O) groups excluding carboxylic acids is 4. The van der Waals surface area contributed by atoms with Crippen LogP contribution in [0.4, 0.5) is 10.1 Å². The molecule has 2 aliphatic rings. The van der Waals surface area contributed by atoms with Gasteiger partial charge in [0.05, 0.1) is 28.2 Å². The van der Waals surface area contributed by atoms with Crippen molar-refractivity contribution < 1.29 is 23.6 Å². The van der Waals surface area contributed by atoms with E-state index in [0.29, 0.717) is 19.4 Å². The molecule has 0 bridgehead atoms. The molecule has 0 radical (unpaired) electrons. The summed E-state index contributed by atoms with van der Waals surface area (Å²) in [4.78, 5) is 50.4. The van der Waals surface area contributed by atoms with Crippen LogP contribution in [0.3, 0.4) is 0 Å². The minimum Gasteiger partial charge on any atom is -0.366 e. The summed E-state index contributed by atoms with van der Waals surface area (Å²) in [6.45, 7) is 0.901. The van der Waals surface area contributed by atoms with Crippen LogP contribution < -0.4 is 10.2 Å². The molecule has 1 fully saturated rings. The number of alkyl halides is 1. The molecule has 1 atom stereocenters. The fraction of sp³-hybridized carbons (Fsp3) is 0.412. The van der Waals surface area contributed by atoms with Crippen molar-refractivity contribution in [2.24, 2.45) is 0 Å². The summed E-state index contributed by atoms with van der Waals surface area (Å²) in [5.41, 5.74) is 0.180. The van der Waals surface area contributed by atoms with E-state index in [0.717, 1.165) is 11.0 Å². The fourth-order valence-electron chi connectivity index (χ4n) is 3.09. The monoisotopic (exact) mass is 381 g/mol. The van der Waals surface area contributed by atoms with Crippen LogP contribution in [-0.2, 0) is 9.59 Å². The largest absolute Gasteiger partial charge is 0.366 e. The van der Waals surface area contributed by atoms with Crippen molar-refractivity contribution >= 4 is 41.3 Å². The standard InChI is InChI=1S/C17H17ClFN3O4/c1-20-15(24)3-2-10(8-23)22-16(25)11-4-13(19)14(5-12(11)17(22)26)21-6-9(18)7-21/h4-5,8-10H,2-3,6-7H2,1H3,(H,20,24). The van der Waals surface area contributed by atoms with E-state index in [2.05, 4.69) is 5.32 Å². The lowest BCUT2D eigenvalue weighted by Crippen LogP contribution is -2.48. The maximum absolute atomic E-state index is 14.4. The lowest BCUT2D eigenvalue weighted by molar-refractivity contribution is -0.121. The highest BCUT2D eigenvalue weighted by atomic mass is 35.5. The lowest BCUT2D eigenvalue weighted by atomic mass is 10.1. The van der Waals surface area contributed by atoms with Crippen molar-refractivity contribution in [1.29, 1.82) is 0 Å². The Balaban J connectivity index is 1.86. The topological polar surface area (TPSA) is 86.8 Å². The summed E-state index contributed by atoms with van der Waals surface area (Å²) in [7, 11) is 1.45. The van der Waals surface area contributed by atoms with Crippen molar-refractivity contribution in [3.05, 3.63) is 29.1 Å². The first-order chi connectivity index (χ1) is 12.4. The summed E-state index contributed by atoms with van der Waals surface area (Å²) in [6.07, 6.45) is 0.442. The average molecular weight is 382 g/mol. The van der Waals surface area contributed by atoms with Gasteiger partial charge in [-0.15, -0.1) is 11.6 Å². The second kappa shape index (κ2) is 7.03. The highest BCUT2D eigenvalue weighted by molar-refractivity contribution is 6.23. The van der Waals surface area contributed by atoms with E-state index >= 15 is 0 Å². The van der Waals surface area contributed by atoms with E-state index in [1.165, 1.54) is 13.1 Å². The van der Waals surface area contributed by atoms with Gasteiger partial charge in [-0.05, 0) is 18.6 Å². The SMILES string of the molecule is CNC(=O)CCC(C=O)N1C(=O)c2cc(F)c(N3CC(Cl)C3)cc2C1=O. The lowest BCUT2D eigenvalue weighted by Gasteiger charge is -2.37. The van der Waals surface area contributed by atoms with Crippen LogP contribution in [0.25, 0.3) is 0 Å². The number of halogens is 2. The van der Waals surface area contributed by atoms with Crippen molar-refractivity contribution in [3.8, 4) is 0 Å². The Hall–Kier alpha value is -2.48. The Morgan fingerprint density at radius 1 is 1.35 bits per heavy atom. The molecule has 7 nitrogen and oxygen atoms in total. The van der Waals surface area contributed by atoms with Crippen LogP contribution in [-0.4, -0.2) is 60.5 Å². The zero-order chi connectivity index (χ0) is 19.0. The number of fused-ring (bicyclic) bond motifs is 1. The number of aldehydes is 1. The van der Waals surface area contributed by atoms with Gasteiger partial charge < -0.3 is 15.0 Å². The molecule has 1 aromatic rings. The summed E-state index contributed by atoms with van der Waals surface area (Å²) in [6, 6.07) is 1.27. The molecule has 1 saturated heterocycles. The number of amides is 3. The quantitative estimate of drug-likeness (QED) is 0.450. The van der Waals surface area contributed by atoms with E-state index in [1.54, 1.807) is 4.90 Å². The number of carbonyl (C=O) groups is 4. The Morgan fingerprint density at radius 2 is 1.96 bits per heavy atom. The third kappa shape index (κ3) is 3.05. The summed E-state index contributed by atoms with van der Waals surface area (Å²) in [5, 5.41) is 2.33. The highest BCUT2D eigenvalue weighted by Gasteiger charge is 2.41. The Bertz CT molecular complexity index is 794. The van der Waals surface area contributed by atoms with Crippen LogP contribution in [0.5, 0.6) is 0 Å². The molecule has 9 heteroatoms. The number of nitrogens with zero attached hydrogens (tertiary/aromatic N) is 2. The van der Waals surface area contributed by atoms with Gasteiger partial charge in [-0.1, -0.05) is 0 Å². The van der Waals surface area contributed by atoms with E-state index < -0.39 is 23.7 Å². The third-order valence-corrected chi connectivity index (χ3v) is 4.87. The molecule has 0 spiro atoms. The number of rotatable bonds is 6. The van der Waals surface area contributed by atoms with Crippen LogP contribution in [0, 0.1) is 5.82 Å². The maximum Gasteiger partial charge on any atom is 0.262 e. The van der Waals surface area contributed by atoms with Crippen LogP contribution >= 0.6 is 11.6 Å². The second-order valence-electron chi connectivity index (χ2n) is 6.25. The molecule has 0 aliphatic carbocycles. The van der Waals surface area contributed by atoms with Gasteiger partial charge in [0.2, 0.25) is 5.91 Å². The maximum atomic E-state index is 14.4. The normalized spacial score (nSPS) is 17.8. The van der Waals surface area contributed by atoms with Crippen LogP contribution in [0.1, 0.15) is 33.6 Å². The first kappa shape index (κ1) is 18.3. The number of benzene rings is 1. The molecule has 3 amide bonds. The van der Waals surface area contributed by atoms with E-state index in [1.807, 2.05) is 0 Å². The molecule has 3 rings (SSSR count). The Labute approximate surface area is 154 Å². The highest BCUT2D eigenvalue weighted by Crippen LogP contribution is 2.34. The van der Waals surface area contributed by atoms with Crippen molar-refractivity contribution in [2.45, 2.75) is 24.3 Å². The first-order valence-corrected chi connectivity index (χ1v) is 8.57. The molecule has 1 aromatic carbocycles. The van der Waals surface area contributed by atoms with Gasteiger partial charge in [-0.2, -0.15) is 0 Å². The van der Waals surface area contributed by atoms with Gasteiger partial charge >= 0.3 is 0 Å². The van der Waals surface area contributed by atoms with Gasteiger partial charge in [-0.3, -0.25) is 19.3 Å². The van der Waals surface area contributed by atoms with Crippen LogP contribution in [0.2, 0.25) is 0 Å². The molecule has 0 aromatic heterocycles. The zero-order valence-corrected chi connectivity index (χ0v) is 14.8. The van der Waals surface area contributed by atoms with Crippen molar-refractivity contribution in [1.82, 2.24) is 10.2 Å². The van der Waals surface area contributed by atoms with Gasteiger partial charge in [0.25, 0.3) is 11.8 Å². The van der Waals surface area contributed by atoms with Gasteiger partial charge in [0.15, 0.2) is 0 Å². The summed E-state index contributed by atoms with van der Waals surface area (Å²) < 4.78 is 14.4. The molecule has 138 valence electrons. The summed E-state index contributed by atoms with van der Waals surface area (Å²) in [5.74, 6) is -2.33. The van der Waals surface area contributed by atoms with Crippen molar-refractivity contribution in [2.75, 3.05) is 25.0 Å². The fourth-order valence-corrected chi connectivity index (χ4v) is 3.43. The van der Waals surface area contributed by atoms with Gasteiger partial charge in [0, 0.05) is 26.6 Å². The van der Waals surface area contributed by atoms with E-state index in [-0.39, 0.29) is 40.9 Å². The van der Waals surface area contributed by atoms with Crippen LogP contribution in [0.15, 0.2) is 12.1 Å². The first-order valence-electron chi connectivity index (χ1n) is 8.13. The zero-order valence-electron chi connectivity index (χ0n) is 14.0. The molecule has 2 heterocycles. The number of anilines is 1. The third-order valence-electron chi connectivity index (χ3n) is 4.60. The molecule has 1 unspecified atom stereocenters. The van der Waals surface area contributed by atoms with E-state index in [4.69, 9.17) is 11.6 Å². The van der Waals surface area contributed by atoms with Gasteiger partial charge in [-0.25, -0.2) is 4.39 Å².